The summed E-state index contributed by atoms with van der Waals surface area (Å²) in [5.74, 6) is -0.0126. The summed E-state index contributed by atoms with van der Waals surface area (Å²) in [6.07, 6.45) is 3.45. The van der Waals surface area contributed by atoms with E-state index in [9.17, 15) is 4.79 Å². The van der Waals surface area contributed by atoms with Crippen LogP contribution in [0.15, 0.2) is 48.8 Å². The van der Waals surface area contributed by atoms with E-state index < -0.39 is 0 Å². The molecule has 8 heteroatoms. The van der Waals surface area contributed by atoms with Crippen molar-refractivity contribution < 1.29 is 4.79 Å². The zero-order valence-corrected chi connectivity index (χ0v) is 15.3. The maximum absolute atomic E-state index is 12.5. The fourth-order valence-corrected chi connectivity index (χ4v) is 2.79. The Morgan fingerprint density at radius 2 is 1.88 bits per heavy atom. The number of amides is 1. The predicted molar refractivity (Wildman–Crippen MR) is 103 cm³/mol. The van der Waals surface area contributed by atoms with Gasteiger partial charge in [-0.3, -0.25) is 9.78 Å². The molecule has 0 aliphatic heterocycles. The number of hydrogen-bond acceptors (Lipinski definition) is 5. The van der Waals surface area contributed by atoms with Gasteiger partial charge < -0.3 is 10.6 Å². The first-order valence-corrected chi connectivity index (χ1v) is 8.51. The number of benzene rings is 1. The number of pyridine rings is 1. The van der Waals surface area contributed by atoms with Crippen LogP contribution >= 0.6 is 23.2 Å². The molecule has 1 amide bonds. The number of nitrogens with zero attached hydrogens (tertiary/aromatic N) is 3. The maximum atomic E-state index is 12.5. The molecule has 0 aliphatic carbocycles. The summed E-state index contributed by atoms with van der Waals surface area (Å²) in [5, 5.41) is 6.70. The Bertz CT molecular complexity index is 914. The lowest BCUT2D eigenvalue weighted by molar-refractivity contribution is 0.102. The third kappa shape index (κ3) is 4.91. The second-order valence-corrected chi connectivity index (χ2v) is 6.42. The van der Waals surface area contributed by atoms with Crippen LogP contribution in [-0.4, -0.2) is 20.9 Å². The second-order valence-electron chi connectivity index (χ2n) is 5.55. The summed E-state index contributed by atoms with van der Waals surface area (Å²) in [5.41, 5.74) is 2.39. The second kappa shape index (κ2) is 8.12. The first kappa shape index (κ1) is 18.1. The van der Waals surface area contributed by atoms with Gasteiger partial charge in [-0.05, 0) is 42.8 Å². The van der Waals surface area contributed by atoms with Crippen LogP contribution in [0.2, 0.25) is 10.0 Å². The predicted octanol–water partition coefficient (Wildman–Crippen LogP) is 4.35. The minimum atomic E-state index is -0.377. The first-order chi connectivity index (χ1) is 12.5. The normalized spacial score (nSPS) is 10.4. The zero-order chi connectivity index (χ0) is 18.5. The molecule has 0 radical (unpaired) electrons. The summed E-state index contributed by atoms with van der Waals surface area (Å²) >= 11 is 11.9. The quantitative estimate of drug-likeness (QED) is 0.679. The summed E-state index contributed by atoms with van der Waals surface area (Å²) in [6.45, 7) is 2.30. The van der Waals surface area contributed by atoms with E-state index in [1.54, 1.807) is 43.6 Å². The van der Waals surface area contributed by atoms with Gasteiger partial charge in [0, 0.05) is 40.4 Å². The lowest BCUT2D eigenvalue weighted by Gasteiger charge is -2.09. The van der Waals surface area contributed by atoms with E-state index in [2.05, 4.69) is 25.6 Å². The van der Waals surface area contributed by atoms with Gasteiger partial charge >= 0.3 is 0 Å². The summed E-state index contributed by atoms with van der Waals surface area (Å²) in [6, 6.07) is 10.2. The molecule has 2 heterocycles. The van der Waals surface area contributed by atoms with Crippen LogP contribution in [0.1, 0.15) is 21.7 Å². The highest BCUT2D eigenvalue weighted by atomic mass is 35.5. The Morgan fingerprint density at radius 1 is 1.12 bits per heavy atom. The zero-order valence-electron chi connectivity index (χ0n) is 13.8. The number of nitrogens with one attached hydrogen (secondary N) is 2. The highest BCUT2D eigenvalue weighted by molar-refractivity contribution is 6.35. The van der Waals surface area contributed by atoms with Crippen molar-refractivity contribution in [3.8, 4) is 0 Å². The summed E-state index contributed by atoms with van der Waals surface area (Å²) in [7, 11) is 0. The molecule has 0 saturated heterocycles. The average molecular weight is 388 g/mol. The monoisotopic (exact) mass is 387 g/mol. The molecule has 3 aromatic rings. The lowest BCUT2D eigenvalue weighted by atomic mass is 10.2. The molecule has 2 N–H and O–H groups in total. The highest BCUT2D eigenvalue weighted by Crippen LogP contribution is 2.23. The topological polar surface area (TPSA) is 79.8 Å². The number of anilines is 2. The molecule has 0 spiro atoms. The van der Waals surface area contributed by atoms with Crippen LogP contribution in [0.25, 0.3) is 0 Å². The number of rotatable bonds is 5. The van der Waals surface area contributed by atoms with Crippen molar-refractivity contribution in [3.63, 3.8) is 0 Å². The molecule has 26 heavy (non-hydrogen) atoms. The molecule has 0 bridgehead atoms. The number of carbonyl (C=O) groups excluding carboxylic acids is 1. The average Bonchev–Trinajstić information content (AvgIpc) is 2.59. The van der Waals surface area contributed by atoms with Crippen molar-refractivity contribution in [3.05, 3.63) is 75.8 Å². The van der Waals surface area contributed by atoms with Gasteiger partial charge in [-0.25, -0.2) is 9.97 Å². The van der Waals surface area contributed by atoms with Gasteiger partial charge in [-0.2, -0.15) is 0 Å². The molecular weight excluding hydrogens is 373 g/mol. The van der Waals surface area contributed by atoms with Gasteiger partial charge in [-0.15, -0.1) is 0 Å². The van der Waals surface area contributed by atoms with E-state index in [4.69, 9.17) is 23.2 Å². The van der Waals surface area contributed by atoms with Gasteiger partial charge in [0.1, 0.15) is 5.69 Å². The van der Waals surface area contributed by atoms with E-state index in [0.717, 1.165) is 5.56 Å². The standard InChI is InChI=1S/C18H15Cl2N5O/c1-11-5-16(17(26)24-15-7-13(19)6-14(20)8-15)25-18(23-11)22-10-12-3-2-4-21-9-12/h2-9H,10H2,1H3,(H,24,26)(H,22,23,25). The lowest BCUT2D eigenvalue weighted by Crippen LogP contribution is -2.16. The Morgan fingerprint density at radius 3 is 2.58 bits per heavy atom. The highest BCUT2D eigenvalue weighted by Gasteiger charge is 2.12. The van der Waals surface area contributed by atoms with Crippen LogP contribution in [0.4, 0.5) is 11.6 Å². The van der Waals surface area contributed by atoms with Crippen molar-refractivity contribution in [2.75, 3.05) is 10.6 Å². The van der Waals surface area contributed by atoms with Gasteiger partial charge in [0.25, 0.3) is 5.91 Å². The van der Waals surface area contributed by atoms with Crippen molar-refractivity contribution in [2.45, 2.75) is 13.5 Å². The molecule has 0 unspecified atom stereocenters. The van der Waals surface area contributed by atoms with Crippen molar-refractivity contribution in [2.24, 2.45) is 0 Å². The van der Waals surface area contributed by atoms with Crippen molar-refractivity contribution >= 4 is 40.7 Å². The third-order valence-electron chi connectivity index (χ3n) is 3.38. The van der Waals surface area contributed by atoms with Gasteiger partial charge in [0.15, 0.2) is 0 Å². The number of aromatic nitrogens is 3. The Balaban J connectivity index is 1.74. The maximum Gasteiger partial charge on any atom is 0.274 e. The van der Waals surface area contributed by atoms with E-state index in [0.29, 0.717) is 33.9 Å². The number of hydrogen-bond donors (Lipinski definition) is 2. The van der Waals surface area contributed by atoms with Crippen LogP contribution in [-0.2, 0) is 6.54 Å². The van der Waals surface area contributed by atoms with Crippen molar-refractivity contribution in [1.82, 2.24) is 15.0 Å². The molecule has 0 fully saturated rings. The number of carbonyl (C=O) groups is 1. The molecule has 1 aromatic carbocycles. The number of halogens is 2. The molecule has 132 valence electrons. The third-order valence-corrected chi connectivity index (χ3v) is 3.82. The fourth-order valence-electron chi connectivity index (χ4n) is 2.27. The Hall–Kier alpha value is -2.70. The molecule has 6 nitrogen and oxygen atoms in total. The molecule has 2 aromatic heterocycles. The fraction of sp³-hybridized carbons (Fsp3) is 0.111. The Labute approximate surface area is 160 Å². The van der Waals surface area contributed by atoms with E-state index >= 15 is 0 Å². The van der Waals surface area contributed by atoms with E-state index in [1.165, 1.54) is 0 Å². The first-order valence-electron chi connectivity index (χ1n) is 7.75. The van der Waals surface area contributed by atoms with Crippen LogP contribution in [0, 0.1) is 6.92 Å². The van der Waals surface area contributed by atoms with Gasteiger partial charge in [0.05, 0.1) is 0 Å². The van der Waals surface area contributed by atoms with Crippen LogP contribution in [0.5, 0.6) is 0 Å². The molecule has 0 saturated carbocycles. The smallest absolute Gasteiger partial charge is 0.274 e. The molecule has 3 rings (SSSR count). The Kier molecular flexibility index (Phi) is 5.65. The van der Waals surface area contributed by atoms with E-state index in [-0.39, 0.29) is 11.6 Å². The SMILES string of the molecule is Cc1cc(C(=O)Nc2cc(Cl)cc(Cl)c2)nc(NCc2cccnc2)n1. The van der Waals surface area contributed by atoms with Crippen LogP contribution < -0.4 is 10.6 Å². The van der Waals surface area contributed by atoms with E-state index in [1.807, 2.05) is 12.1 Å². The number of aryl methyl sites for hydroxylation is 1. The van der Waals surface area contributed by atoms with Crippen LogP contribution in [0.3, 0.4) is 0 Å². The molecular formula is C18H15Cl2N5O. The minimum Gasteiger partial charge on any atom is -0.350 e. The van der Waals surface area contributed by atoms with Gasteiger partial charge in [-0.1, -0.05) is 29.3 Å². The van der Waals surface area contributed by atoms with Crippen molar-refractivity contribution in [1.29, 1.82) is 0 Å². The summed E-state index contributed by atoms with van der Waals surface area (Å²) in [4.78, 5) is 25.1. The minimum absolute atomic E-state index is 0.238. The molecule has 0 aliphatic rings. The molecule has 0 atom stereocenters. The van der Waals surface area contributed by atoms with Gasteiger partial charge in [0.2, 0.25) is 5.95 Å². The summed E-state index contributed by atoms with van der Waals surface area (Å²) < 4.78 is 0. The largest absolute Gasteiger partial charge is 0.350 e.